The van der Waals surface area contributed by atoms with E-state index in [-0.39, 0.29) is 24.9 Å². The van der Waals surface area contributed by atoms with E-state index in [1.807, 2.05) is 25.1 Å². The molecule has 0 atom stereocenters. The van der Waals surface area contributed by atoms with E-state index in [0.29, 0.717) is 11.1 Å². The number of hydrogen-bond donors (Lipinski definition) is 0. The highest BCUT2D eigenvalue weighted by atomic mass is 19.1. The van der Waals surface area contributed by atoms with Crippen molar-refractivity contribution in [1.29, 1.82) is 0 Å². The molecule has 132 valence electrons. The Morgan fingerprint density at radius 1 is 1.04 bits per heavy atom. The summed E-state index contributed by atoms with van der Waals surface area (Å²) < 4.78 is 18.3. The van der Waals surface area contributed by atoms with Crippen molar-refractivity contribution in [3.05, 3.63) is 65.5 Å². The highest BCUT2D eigenvalue weighted by Crippen LogP contribution is 2.14. The molecule has 2 aromatic carbocycles. The molecular weight excluding hydrogens is 323 g/mol. The van der Waals surface area contributed by atoms with Crippen molar-refractivity contribution in [1.82, 2.24) is 4.90 Å². The van der Waals surface area contributed by atoms with Crippen molar-refractivity contribution in [3.63, 3.8) is 0 Å². The molecule has 0 N–H and O–H groups in total. The predicted molar refractivity (Wildman–Crippen MR) is 93.9 cm³/mol. The number of carbonyl (C=O) groups is 2. The number of rotatable bonds is 6. The lowest BCUT2D eigenvalue weighted by atomic mass is 10.2. The zero-order valence-corrected chi connectivity index (χ0v) is 14.5. The minimum Gasteiger partial charge on any atom is -0.452 e. The smallest absolute Gasteiger partial charge is 0.338 e. The molecule has 0 radical (unpaired) electrons. The quantitative estimate of drug-likeness (QED) is 0.756. The zero-order valence-electron chi connectivity index (χ0n) is 14.5. The van der Waals surface area contributed by atoms with Crippen LogP contribution in [0.2, 0.25) is 0 Å². The first-order chi connectivity index (χ1) is 11.9. The van der Waals surface area contributed by atoms with Crippen molar-refractivity contribution in [3.8, 4) is 0 Å². The largest absolute Gasteiger partial charge is 0.452 e. The average molecular weight is 344 g/mol. The van der Waals surface area contributed by atoms with Crippen LogP contribution in [0, 0.1) is 5.82 Å². The van der Waals surface area contributed by atoms with Crippen LogP contribution in [0.5, 0.6) is 0 Å². The summed E-state index contributed by atoms with van der Waals surface area (Å²) in [5.41, 5.74) is 1.91. The van der Waals surface area contributed by atoms with Gasteiger partial charge in [-0.2, -0.15) is 0 Å². The second-order valence-electron chi connectivity index (χ2n) is 5.90. The minimum absolute atomic E-state index is 0.240. The monoisotopic (exact) mass is 344 g/mol. The molecular formula is C19H21FN2O3. The van der Waals surface area contributed by atoms with Crippen LogP contribution < -0.4 is 4.90 Å². The molecule has 0 fully saturated rings. The summed E-state index contributed by atoms with van der Waals surface area (Å²) >= 11 is 0. The number of carbonyl (C=O) groups excluding carboxylic acids is 2. The standard InChI is InChI=1S/C19H21FN2O3/c1-21(2)17-9-5-7-15(11-17)19(24)25-13-18(23)22(3)12-14-6-4-8-16(20)10-14/h4-11H,12-13H2,1-3H3. The Kier molecular flexibility index (Phi) is 6.11. The van der Waals surface area contributed by atoms with Gasteiger partial charge in [-0.05, 0) is 35.9 Å². The molecule has 0 spiro atoms. The van der Waals surface area contributed by atoms with Crippen LogP contribution in [0.25, 0.3) is 0 Å². The van der Waals surface area contributed by atoms with Gasteiger partial charge in [0.15, 0.2) is 6.61 Å². The summed E-state index contributed by atoms with van der Waals surface area (Å²) in [5, 5.41) is 0. The van der Waals surface area contributed by atoms with Gasteiger partial charge >= 0.3 is 5.97 Å². The number of ether oxygens (including phenoxy) is 1. The number of benzene rings is 2. The Bertz CT molecular complexity index is 762. The van der Waals surface area contributed by atoms with Gasteiger partial charge in [0.1, 0.15) is 5.82 Å². The van der Waals surface area contributed by atoms with E-state index in [1.54, 1.807) is 37.4 Å². The van der Waals surface area contributed by atoms with Crippen LogP contribution in [0.1, 0.15) is 15.9 Å². The van der Waals surface area contributed by atoms with E-state index in [4.69, 9.17) is 4.74 Å². The molecule has 25 heavy (non-hydrogen) atoms. The molecule has 0 heterocycles. The summed E-state index contributed by atoms with van der Waals surface area (Å²) in [6, 6.07) is 13.0. The summed E-state index contributed by atoms with van der Waals surface area (Å²) in [4.78, 5) is 27.4. The first-order valence-electron chi connectivity index (χ1n) is 7.79. The Labute approximate surface area is 146 Å². The van der Waals surface area contributed by atoms with Crippen molar-refractivity contribution in [2.45, 2.75) is 6.54 Å². The van der Waals surface area contributed by atoms with Crippen molar-refractivity contribution < 1.29 is 18.7 Å². The van der Waals surface area contributed by atoms with Gasteiger partial charge in [-0.25, -0.2) is 9.18 Å². The van der Waals surface area contributed by atoms with Crippen LogP contribution in [0.15, 0.2) is 48.5 Å². The van der Waals surface area contributed by atoms with E-state index >= 15 is 0 Å². The second-order valence-corrected chi connectivity index (χ2v) is 5.90. The fourth-order valence-electron chi connectivity index (χ4n) is 2.23. The van der Waals surface area contributed by atoms with Gasteiger partial charge in [-0.3, -0.25) is 4.79 Å². The minimum atomic E-state index is -0.559. The number of nitrogens with zero attached hydrogens (tertiary/aromatic N) is 2. The molecule has 0 bridgehead atoms. The maximum atomic E-state index is 13.2. The highest BCUT2D eigenvalue weighted by molar-refractivity contribution is 5.92. The topological polar surface area (TPSA) is 49.9 Å². The molecule has 0 saturated heterocycles. The van der Waals surface area contributed by atoms with Crippen LogP contribution in [-0.2, 0) is 16.1 Å². The number of anilines is 1. The summed E-state index contributed by atoms with van der Waals surface area (Å²) in [5.74, 6) is -1.27. The zero-order chi connectivity index (χ0) is 18.4. The molecule has 0 aromatic heterocycles. The molecule has 1 amide bonds. The molecule has 0 aliphatic carbocycles. The Morgan fingerprint density at radius 3 is 2.44 bits per heavy atom. The number of esters is 1. The first-order valence-corrected chi connectivity index (χ1v) is 7.79. The number of amides is 1. The third-order valence-corrected chi connectivity index (χ3v) is 3.66. The van der Waals surface area contributed by atoms with Gasteiger partial charge in [-0.1, -0.05) is 18.2 Å². The van der Waals surface area contributed by atoms with E-state index < -0.39 is 5.97 Å². The number of hydrogen-bond acceptors (Lipinski definition) is 4. The Morgan fingerprint density at radius 2 is 1.76 bits per heavy atom. The fourth-order valence-corrected chi connectivity index (χ4v) is 2.23. The molecule has 2 rings (SSSR count). The Balaban J connectivity index is 1.90. The molecule has 0 aliphatic rings. The fraction of sp³-hybridized carbons (Fsp3) is 0.263. The second kappa shape index (κ2) is 8.28. The molecule has 0 saturated carbocycles. The van der Waals surface area contributed by atoms with Crippen molar-refractivity contribution >= 4 is 17.6 Å². The lowest BCUT2D eigenvalue weighted by molar-refractivity contribution is -0.133. The predicted octanol–water partition coefficient (Wildman–Crippen LogP) is 2.71. The van der Waals surface area contributed by atoms with E-state index in [1.165, 1.54) is 17.0 Å². The van der Waals surface area contributed by atoms with Gasteiger partial charge in [0, 0.05) is 33.4 Å². The van der Waals surface area contributed by atoms with Gasteiger partial charge in [0.05, 0.1) is 5.56 Å². The summed E-state index contributed by atoms with van der Waals surface area (Å²) in [6.07, 6.45) is 0. The molecule has 0 unspecified atom stereocenters. The third kappa shape index (κ3) is 5.31. The summed E-state index contributed by atoms with van der Waals surface area (Å²) in [7, 11) is 5.32. The summed E-state index contributed by atoms with van der Waals surface area (Å²) in [6.45, 7) is -0.124. The first kappa shape index (κ1) is 18.4. The van der Waals surface area contributed by atoms with Gasteiger partial charge in [0.25, 0.3) is 5.91 Å². The molecule has 6 heteroatoms. The number of halogens is 1. The maximum absolute atomic E-state index is 13.2. The third-order valence-electron chi connectivity index (χ3n) is 3.66. The molecule has 2 aromatic rings. The van der Waals surface area contributed by atoms with Gasteiger partial charge in [0.2, 0.25) is 0 Å². The lowest BCUT2D eigenvalue weighted by Crippen LogP contribution is -2.30. The van der Waals surface area contributed by atoms with Gasteiger partial charge in [-0.15, -0.1) is 0 Å². The van der Waals surface area contributed by atoms with E-state index in [9.17, 15) is 14.0 Å². The highest BCUT2D eigenvalue weighted by Gasteiger charge is 2.14. The number of likely N-dealkylation sites (N-methyl/N-ethyl adjacent to an activating group) is 1. The average Bonchev–Trinajstić information content (AvgIpc) is 2.59. The normalized spacial score (nSPS) is 10.2. The molecule has 5 nitrogen and oxygen atoms in total. The Hall–Kier alpha value is -2.89. The molecule has 0 aliphatic heterocycles. The van der Waals surface area contributed by atoms with Crippen molar-refractivity contribution in [2.75, 3.05) is 32.6 Å². The van der Waals surface area contributed by atoms with Crippen molar-refractivity contribution in [2.24, 2.45) is 0 Å². The van der Waals surface area contributed by atoms with Crippen LogP contribution >= 0.6 is 0 Å². The van der Waals surface area contributed by atoms with Crippen LogP contribution in [-0.4, -0.2) is 44.5 Å². The van der Waals surface area contributed by atoms with Crippen LogP contribution in [0.3, 0.4) is 0 Å². The lowest BCUT2D eigenvalue weighted by Gasteiger charge is -2.17. The van der Waals surface area contributed by atoms with E-state index in [2.05, 4.69) is 0 Å². The van der Waals surface area contributed by atoms with Crippen LogP contribution in [0.4, 0.5) is 10.1 Å². The van der Waals surface area contributed by atoms with Gasteiger partial charge < -0.3 is 14.5 Å². The maximum Gasteiger partial charge on any atom is 0.338 e. The SMILES string of the molecule is CN(Cc1cccc(F)c1)C(=O)COC(=O)c1cccc(N(C)C)c1. The van der Waals surface area contributed by atoms with E-state index in [0.717, 1.165) is 5.69 Å².